The Morgan fingerprint density at radius 3 is 2.00 bits per heavy atom. The van der Waals surface area contributed by atoms with Crippen LogP contribution in [0.5, 0.6) is 0 Å². The number of hydrogen-bond donors (Lipinski definition) is 3. The maximum absolute atomic E-state index is 12.1. The van der Waals surface area contributed by atoms with Crippen molar-refractivity contribution in [3.05, 3.63) is 87.2 Å². The van der Waals surface area contributed by atoms with Gasteiger partial charge in [0.15, 0.2) is 0 Å². The first kappa shape index (κ1) is 27.6. The second kappa shape index (κ2) is 13.2. The van der Waals surface area contributed by atoms with Crippen molar-refractivity contribution in [2.45, 2.75) is 48.0 Å². The van der Waals surface area contributed by atoms with Gasteiger partial charge in [0.1, 0.15) is 6.79 Å². The molecule has 0 atom stereocenters. The van der Waals surface area contributed by atoms with E-state index in [1.807, 2.05) is 51.8 Å². The van der Waals surface area contributed by atoms with E-state index in [0.717, 1.165) is 52.9 Å². The van der Waals surface area contributed by atoms with Gasteiger partial charge in [0.05, 0.1) is 5.57 Å². The molecule has 33 heavy (non-hydrogen) atoms. The lowest BCUT2D eigenvalue weighted by atomic mass is 10.0. The summed E-state index contributed by atoms with van der Waals surface area (Å²) in [4.78, 5) is 23.4. The van der Waals surface area contributed by atoms with Crippen LogP contribution in [0, 0.1) is 34.6 Å². The Bertz CT molecular complexity index is 1090. The summed E-state index contributed by atoms with van der Waals surface area (Å²) in [6.07, 6.45) is 3.08. The van der Waals surface area contributed by atoms with Crippen LogP contribution in [0.25, 0.3) is 11.6 Å². The highest BCUT2D eigenvalue weighted by Gasteiger charge is 2.24. The minimum absolute atomic E-state index is 0.0350. The molecule has 2 aromatic carbocycles. The molecule has 1 aliphatic heterocycles. The predicted octanol–water partition coefficient (Wildman–Crippen LogP) is 5.72. The summed E-state index contributed by atoms with van der Waals surface area (Å²) >= 11 is 0. The topological polar surface area (TPSA) is 82.2 Å². The zero-order valence-corrected chi connectivity index (χ0v) is 20.8. The summed E-state index contributed by atoms with van der Waals surface area (Å²) in [5, 5.41) is 9.90. The van der Waals surface area contributed by atoms with E-state index in [4.69, 9.17) is 9.90 Å². The molecule has 1 aromatic heterocycles. The number of carbonyl (C=O) groups is 2. The van der Waals surface area contributed by atoms with Crippen molar-refractivity contribution >= 4 is 30.0 Å². The minimum Gasteiger partial charge on any atom is -0.400 e. The van der Waals surface area contributed by atoms with E-state index in [2.05, 4.69) is 55.3 Å². The first-order valence-corrected chi connectivity index (χ1v) is 10.9. The van der Waals surface area contributed by atoms with Crippen LogP contribution >= 0.6 is 0 Å². The fourth-order valence-corrected chi connectivity index (χ4v) is 3.90. The van der Waals surface area contributed by atoms with Crippen molar-refractivity contribution in [2.24, 2.45) is 0 Å². The third-order valence-corrected chi connectivity index (χ3v) is 5.43. The number of aliphatic hydroxyl groups is 1. The molecular weight excluding hydrogens is 412 g/mol. The molecule has 4 rings (SSSR count). The van der Waals surface area contributed by atoms with Crippen LogP contribution in [-0.4, -0.2) is 29.9 Å². The number of H-pyrrole nitrogens is 1. The highest BCUT2D eigenvalue weighted by Crippen LogP contribution is 2.34. The van der Waals surface area contributed by atoms with Crippen LogP contribution in [0.2, 0.25) is 0 Å². The largest absolute Gasteiger partial charge is 0.400 e. The SMILES string of the molecule is C=O.CCc1c(C)cccc1C.CO.Cc1ccc2c(c1)/C(=C/c1[nH]c(C)cc1C)C(=O)N2. The predicted molar refractivity (Wildman–Crippen MR) is 139 cm³/mol. The minimum atomic E-state index is -0.0350. The number of nitrogens with one attached hydrogen (secondary N) is 2. The van der Waals surface area contributed by atoms with Crippen molar-refractivity contribution in [2.75, 3.05) is 12.4 Å². The third kappa shape index (κ3) is 7.02. The smallest absolute Gasteiger partial charge is 0.256 e. The molecule has 0 aliphatic carbocycles. The molecule has 0 unspecified atom stereocenters. The fraction of sp³-hybridized carbons (Fsp3) is 0.286. The molecule has 0 bridgehead atoms. The number of aryl methyl sites for hydroxylation is 5. The Morgan fingerprint density at radius 1 is 0.909 bits per heavy atom. The van der Waals surface area contributed by atoms with Gasteiger partial charge < -0.3 is 20.2 Å². The molecule has 5 nitrogen and oxygen atoms in total. The van der Waals surface area contributed by atoms with Gasteiger partial charge >= 0.3 is 0 Å². The summed E-state index contributed by atoms with van der Waals surface area (Å²) in [5.74, 6) is -0.0350. The first-order valence-electron chi connectivity index (χ1n) is 10.9. The molecule has 0 spiro atoms. The standard InChI is InChI=1S/C16H16N2O.C10H14.CH4O.CH2O/c1-9-4-5-14-12(6-9)13(16(19)18-14)8-15-10(2)7-11(3)17-15;1-4-10-8(2)6-5-7-9(10)3;2*1-2/h4-8,17H,1-3H3,(H,18,19);5-7H,4H2,1-3H3;2H,1H3;1H2/b13-8-;;;. The molecular formula is C28H36N2O3. The van der Waals surface area contributed by atoms with Crippen LogP contribution in [0.4, 0.5) is 5.69 Å². The van der Waals surface area contributed by atoms with E-state index < -0.39 is 0 Å². The van der Waals surface area contributed by atoms with Gasteiger partial charge in [0.25, 0.3) is 5.91 Å². The maximum Gasteiger partial charge on any atom is 0.256 e. The van der Waals surface area contributed by atoms with Gasteiger partial charge in [-0.15, -0.1) is 0 Å². The number of rotatable bonds is 2. The van der Waals surface area contributed by atoms with Gasteiger partial charge in [0.2, 0.25) is 0 Å². The van der Waals surface area contributed by atoms with E-state index in [9.17, 15) is 4.79 Å². The van der Waals surface area contributed by atoms with Crippen molar-refractivity contribution < 1.29 is 14.7 Å². The molecule has 5 heteroatoms. The average molecular weight is 449 g/mol. The molecule has 0 fully saturated rings. The van der Waals surface area contributed by atoms with Crippen molar-refractivity contribution in [3.63, 3.8) is 0 Å². The number of amides is 1. The van der Waals surface area contributed by atoms with Gasteiger partial charge in [-0.25, -0.2) is 0 Å². The third-order valence-electron chi connectivity index (χ3n) is 5.43. The van der Waals surface area contributed by atoms with E-state index in [0.29, 0.717) is 0 Å². The number of fused-ring (bicyclic) bond motifs is 1. The molecule has 1 aliphatic rings. The summed E-state index contributed by atoms with van der Waals surface area (Å²) in [7, 11) is 1.00. The number of aromatic amines is 1. The molecule has 2 heterocycles. The number of anilines is 1. The van der Waals surface area contributed by atoms with E-state index >= 15 is 0 Å². The second-order valence-corrected chi connectivity index (χ2v) is 7.83. The molecule has 3 aromatic rings. The zero-order chi connectivity index (χ0) is 25.1. The first-order chi connectivity index (χ1) is 15.8. The summed E-state index contributed by atoms with van der Waals surface area (Å²) in [6.45, 7) is 14.6. The summed E-state index contributed by atoms with van der Waals surface area (Å²) in [5.41, 5.74) is 11.3. The lowest BCUT2D eigenvalue weighted by Crippen LogP contribution is -2.03. The molecule has 0 radical (unpaired) electrons. The summed E-state index contributed by atoms with van der Waals surface area (Å²) in [6, 6.07) is 14.5. The number of benzene rings is 2. The van der Waals surface area contributed by atoms with Crippen LogP contribution in [0.1, 0.15) is 51.7 Å². The highest BCUT2D eigenvalue weighted by atomic mass is 16.2. The van der Waals surface area contributed by atoms with Gasteiger partial charge in [0, 0.05) is 29.7 Å². The average Bonchev–Trinajstić information content (AvgIpc) is 3.29. The monoisotopic (exact) mass is 448 g/mol. The van der Waals surface area contributed by atoms with Crippen LogP contribution in [0.15, 0.2) is 42.5 Å². The Balaban J connectivity index is 0.000000330. The lowest BCUT2D eigenvalue weighted by Gasteiger charge is -2.04. The van der Waals surface area contributed by atoms with E-state index in [-0.39, 0.29) is 5.91 Å². The molecule has 176 valence electrons. The molecule has 1 amide bonds. The number of carbonyl (C=O) groups excluding carboxylic acids is 2. The Hall–Kier alpha value is -3.44. The Labute approximate surface area is 197 Å². The maximum atomic E-state index is 12.1. The van der Waals surface area contributed by atoms with Crippen molar-refractivity contribution in [1.29, 1.82) is 0 Å². The fourth-order valence-electron chi connectivity index (χ4n) is 3.90. The van der Waals surface area contributed by atoms with Crippen LogP contribution < -0.4 is 5.32 Å². The number of aromatic nitrogens is 1. The van der Waals surface area contributed by atoms with Crippen LogP contribution in [-0.2, 0) is 16.0 Å². The van der Waals surface area contributed by atoms with Crippen molar-refractivity contribution in [3.8, 4) is 0 Å². The molecule has 0 saturated carbocycles. The number of aliphatic hydroxyl groups excluding tert-OH is 1. The molecule has 0 saturated heterocycles. The lowest BCUT2D eigenvalue weighted by molar-refractivity contribution is -0.110. The van der Waals surface area contributed by atoms with Crippen LogP contribution in [0.3, 0.4) is 0 Å². The van der Waals surface area contributed by atoms with Gasteiger partial charge in [-0.05, 0) is 87.6 Å². The van der Waals surface area contributed by atoms with Gasteiger partial charge in [-0.3, -0.25) is 4.79 Å². The quantitative estimate of drug-likeness (QED) is 0.438. The Kier molecular flexibility index (Phi) is 11.0. The number of hydrogen-bond acceptors (Lipinski definition) is 3. The van der Waals surface area contributed by atoms with Gasteiger partial charge in [-0.2, -0.15) is 0 Å². The van der Waals surface area contributed by atoms with Gasteiger partial charge in [-0.1, -0.05) is 36.8 Å². The van der Waals surface area contributed by atoms with Crippen molar-refractivity contribution in [1.82, 2.24) is 4.98 Å². The normalized spacial score (nSPS) is 12.4. The summed E-state index contributed by atoms with van der Waals surface area (Å²) < 4.78 is 0. The second-order valence-electron chi connectivity index (χ2n) is 7.83. The molecule has 3 N–H and O–H groups in total. The highest BCUT2D eigenvalue weighted by molar-refractivity contribution is 6.34. The van der Waals surface area contributed by atoms with E-state index in [1.165, 1.54) is 16.7 Å². The zero-order valence-electron chi connectivity index (χ0n) is 20.8. The van der Waals surface area contributed by atoms with E-state index in [1.54, 1.807) is 0 Å². The Morgan fingerprint density at radius 2 is 1.52 bits per heavy atom.